The van der Waals surface area contributed by atoms with Crippen LogP contribution in [0.1, 0.15) is 18.5 Å². The molecule has 8 heteroatoms. The Bertz CT molecular complexity index is 451. The van der Waals surface area contributed by atoms with E-state index in [1.54, 1.807) is 12.4 Å². The SMILES string of the molecule is CC(Nc1nc(Cl)nc(Cl)n1)c1cn[nH]c1. The minimum atomic E-state index is -0.00622. The van der Waals surface area contributed by atoms with E-state index >= 15 is 0 Å². The van der Waals surface area contributed by atoms with Gasteiger partial charge in [-0.1, -0.05) is 0 Å². The Hall–Kier alpha value is -1.40. The van der Waals surface area contributed by atoms with Crippen molar-refractivity contribution in [2.24, 2.45) is 0 Å². The second-order valence-electron chi connectivity index (χ2n) is 3.09. The van der Waals surface area contributed by atoms with Crippen LogP contribution in [-0.4, -0.2) is 25.1 Å². The number of aromatic amines is 1. The molecule has 0 aliphatic heterocycles. The van der Waals surface area contributed by atoms with Gasteiger partial charge in [0, 0.05) is 11.8 Å². The second kappa shape index (κ2) is 4.63. The van der Waals surface area contributed by atoms with Crippen molar-refractivity contribution in [3.8, 4) is 0 Å². The first-order valence-electron chi connectivity index (χ1n) is 4.47. The first-order valence-corrected chi connectivity index (χ1v) is 5.23. The van der Waals surface area contributed by atoms with Gasteiger partial charge in [0.2, 0.25) is 16.5 Å². The largest absolute Gasteiger partial charge is 0.347 e. The van der Waals surface area contributed by atoms with Crippen LogP contribution < -0.4 is 5.32 Å². The normalized spacial score (nSPS) is 12.4. The molecule has 84 valence electrons. The van der Waals surface area contributed by atoms with Crippen LogP contribution in [0.4, 0.5) is 5.95 Å². The summed E-state index contributed by atoms with van der Waals surface area (Å²) in [6.45, 7) is 1.94. The predicted octanol–water partition coefficient (Wildman–Crippen LogP) is 2.07. The number of H-pyrrole nitrogens is 1. The Balaban J connectivity index is 2.15. The molecule has 0 aliphatic rings. The summed E-state index contributed by atoms with van der Waals surface area (Å²) in [7, 11) is 0. The van der Waals surface area contributed by atoms with Crippen molar-refractivity contribution in [3.63, 3.8) is 0 Å². The summed E-state index contributed by atoms with van der Waals surface area (Å²) in [6.07, 6.45) is 3.49. The zero-order valence-corrected chi connectivity index (χ0v) is 9.79. The highest BCUT2D eigenvalue weighted by atomic mass is 35.5. The van der Waals surface area contributed by atoms with Gasteiger partial charge in [-0.25, -0.2) is 0 Å². The van der Waals surface area contributed by atoms with E-state index in [9.17, 15) is 0 Å². The third kappa shape index (κ3) is 2.59. The number of hydrogen-bond acceptors (Lipinski definition) is 5. The molecule has 0 amide bonds. The molecule has 2 aromatic heterocycles. The quantitative estimate of drug-likeness (QED) is 0.882. The molecule has 2 heterocycles. The van der Waals surface area contributed by atoms with Crippen LogP contribution in [0, 0.1) is 0 Å². The third-order valence-corrected chi connectivity index (χ3v) is 2.28. The fourth-order valence-electron chi connectivity index (χ4n) is 1.17. The van der Waals surface area contributed by atoms with Crippen LogP contribution in [-0.2, 0) is 0 Å². The Morgan fingerprint density at radius 1 is 1.25 bits per heavy atom. The van der Waals surface area contributed by atoms with Crippen LogP contribution in [0.15, 0.2) is 12.4 Å². The molecule has 0 saturated carbocycles. The number of hydrogen-bond donors (Lipinski definition) is 2. The minimum absolute atomic E-state index is 0.00622. The molecule has 0 bridgehead atoms. The number of rotatable bonds is 3. The zero-order valence-electron chi connectivity index (χ0n) is 8.28. The van der Waals surface area contributed by atoms with E-state index in [2.05, 4.69) is 30.5 Å². The number of nitrogens with one attached hydrogen (secondary N) is 2. The zero-order chi connectivity index (χ0) is 11.5. The van der Waals surface area contributed by atoms with Gasteiger partial charge in [-0.2, -0.15) is 20.1 Å². The fraction of sp³-hybridized carbons (Fsp3) is 0.250. The summed E-state index contributed by atoms with van der Waals surface area (Å²) >= 11 is 11.3. The van der Waals surface area contributed by atoms with Crippen LogP contribution in [0.25, 0.3) is 0 Å². The first kappa shape index (κ1) is 11.1. The fourth-order valence-corrected chi connectivity index (χ4v) is 1.53. The maximum absolute atomic E-state index is 5.65. The summed E-state index contributed by atoms with van der Waals surface area (Å²) in [5, 5.41) is 9.72. The molecule has 0 saturated heterocycles. The van der Waals surface area contributed by atoms with Gasteiger partial charge in [-0.05, 0) is 30.1 Å². The summed E-state index contributed by atoms with van der Waals surface area (Å²) in [6, 6.07) is -0.00622. The van der Waals surface area contributed by atoms with E-state index in [0.29, 0.717) is 5.95 Å². The van der Waals surface area contributed by atoms with Gasteiger partial charge < -0.3 is 5.32 Å². The molecule has 0 fully saturated rings. The maximum atomic E-state index is 5.65. The molecular weight excluding hydrogens is 251 g/mol. The van der Waals surface area contributed by atoms with Crippen LogP contribution in [0.2, 0.25) is 10.6 Å². The Morgan fingerprint density at radius 3 is 2.50 bits per heavy atom. The van der Waals surface area contributed by atoms with Gasteiger partial charge >= 0.3 is 0 Å². The first-order chi connectivity index (χ1) is 7.65. The molecule has 0 spiro atoms. The molecule has 2 aromatic rings. The average molecular weight is 259 g/mol. The smallest absolute Gasteiger partial charge is 0.228 e. The Morgan fingerprint density at radius 2 is 1.94 bits per heavy atom. The predicted molar refractivity (Wildman–Crippen MR) is 60.5 cm³/mol. The Labute approximate surface area is 101 Å². The van der Waals surface area contributed by atoms with Crippen molar-refractivity contribution in [3.05, 3.63) is 28.5 Å². The van der Waals surface area contributed by atoms with E-state index < -0.39 is 0 Å². The van der Waals surface area contributed by atoms with Gasteiger partial charge in [-0.3, -0.25) is 5.10 Å². The van der Waals surface area contributed by atoms with Crippen molar-refractivity contribution in [2.75, 3.05) is 5.32 Å². The number of nitrogens with zero attached hydrogens (tertiary/aromatic N) is 4. The van der Waals surface area contributed by atoms with E-state index in [-0.39, 0.29) is 16.6 Å². The molecule has 0 aliphatic carbocycles. The molecule has 0 radical (unpaired) electrons. The van der Waals surface area contributed by atoms with Crippen molar-refractivity contribution in [1.29, 1.82) is 0 Å². The number of aromatic nitrogens is 5. The topological polar surface area (TPSA) is 79.4 Å². The molecular formula is C8H8Cl2N6. The van der Waals surface area contributed by atoms with Crippen LogP contribution in [0.3, 0.4) is 0 Å². The highest BCUT2D eigenvalue weighted by Crippen LogP contribution is 2.17. The van der Waals surface area contributed by atoms with Gasteiger partial charge in [-0.15, -0.1) is 0 Å². The molecule has 16 heavy (non-hydrogen) atoms. The molecule has 1 unspecified atom stereocenters. The lowest BCUT2D eigenvalue weighted by atomic mass is 10.2. The van der Waals surface area contributed by atoms with Crippen molar-refractivity contribution in [1.82, 2.24) is 25.1 Å². The summed E-state index contributed by atoms with van der Waals surface area (Å²) in [5.41, 5.74) is 0.979. The van der Waals surface area contributed by atoms with Gasteiger partial charge in [0.1, 0.15) is 0 Å². The summed E-state index contributed by atoms with van der Waals surface area (Å²) < 4.78 is 0. The average Bonchev–Trinajstić information content (AvgIpc) is 2.68. The lowest BCUT2D eigenvalue weighted by Crippen LogP contribution is -2.09. The minimum Gasteiger partial charge on any atom is -0.347 e. The molecule has 2 N–H and O–H groups in total. The second-order valence-corrected chi connectivity index (χ2v) is 3.77. The Kier molecular flexibility index (Phi) is 3.21. The van der Waals surface area contributed by atoms with E-state index in [1.807, 2.05) is 6.92 Å². The maximum Gasteiger partial charge on any atom is 0.228 e. The highest BCUT2D eigenvalue weighted by Gasteiger charge is 2.09. The molecule has 2 rings (SSSR count). The lowest BCUT2D eigenvalue weighted by molar-refractivity contribution is 0.854. The molecule has 0 aromatic carbocycles. The summed E-state index contributed by atoms with van der Waals surface area (Å²) in [4.78, 5) is 11.5. The molecule has 6 nitrogen and oxygen atoms in total. The van der Waals surface area contributed by atoms with E-state index in [1.165, 1.54) is 0 Å². The van der Waals surface area contributed by atoms with Crippen molar-refractivity contribution < 1.29 is 0 Å². The van der Waals surface area contributed by atoms with Crippen LogP contribution in [0.5, 0.6) is 0 Å². The van der Waals surface area contributed by atoms with Gasteiger partial charge in [0.05, 0.1) is 12.2 Å². The third-order valence-electron chi connectivity index (χ3n) is 1.95. The van der Waals surface area contributed by atoms with Crippen molar-refractivity contribution in [2.45, 2.75) is 13.0 Å². The van der Waals surface area contributed by atoms with Crippen molar-refractivity contribution >= 4 is 29.2 Å². The number of halogens is 2. The monoisotopic (exact) mass is 258 g/mol. The standard InChI is InChI=1S/C8H8Cl2N6/c1-4(5-2-11-12-3-5)13-8-15-6(9)14-7(10)16-8/h2-4H,1H3,(H,11,12)(H,13,14,15,16). The highest BCUT2D eigenvalue weighted by molar-refractivity contribution is 6.31. The summed E-state index contributed by atoms with van der Waals surface area (Å²) in [5.74, 6) is 0.332. The van der Waals surface area contributed by atoms with Crippen LogP contribution >= 0.6 is 23.2 Å². The number of anilines is 1. The van der Waals surface area contributed by atoms with E-state index in [4.69, 9.17) is 23.2 Å². The van der Waals surface area contributed by atoms with E-state index in [0.717, 1.165) is 5.56 Å². The molecule has 1 atom stereocenters. The lowest BCUT2D eigenvalue weighted by Gasteiger charge is -2.11. The van der Waals surface area contributed by atoms with Gasteiger partial charge in [0.15, 0.2) is 0 Å². The van der Waals surface area contributed by atoms with Gasteiger partial charge in [0.25, 0.3) is 0 Å².